The van der Waals surface area contributed by atoms with E-state index < -0.39 is 0 Å². The van der Waals surface area contributed by atoms with Gasteiger partial charge in [-0.15, -0.1) is 0 Å². The molecule has 2 amide bonds. The molecule has 1 saturated heterocycles. The van der Waals surface area contributed by atoms with Crippen LogP contribution in [0.1, 0.15) is 18.9 Å². The highest BCUT2D eigenvalue weighted by Crippen LogP contribution is 2.28. The average Bonchev–Trinajstić information content (AvgIpc) is 2.99. The molecule has 0 aliphatic carbocycles. The van der Waals surface area contributed by atoms with Crippen molar-refractivity contribution in [1.82, 2.24) is 0 Å². The van der Waals surface area contributed by atoms with Crippen LogP contribution in [0.3, 0.4) is 0 Å². The first-order chi connectivity index (χ1) is 12.1. The molecule has 2 aromatic carbocycles. The molecular weight excluding hydrogens is 316 g/mol. The minimum Gasteiger partial charge on any atom is -0.494 e. The molecule has 2 aromatic rings. The Bertz CT molecular complexity index is 771. The number of nitrogens with one attached hydrogen (secondary N) is 1. The van der Waals surface area contributed by atoms with E-state index in [1.54, 1.807) is 17.0 Å². The quantitative estimate of drug-likeness (QED) is 0.909. The number of amides is 2. The number of hydrogen-bond donors (Lipinski definition) is 1. The molecule has 1 aliphatic rings. The van der Waals surface area contributed by atoms with Crippen molar-refractivity contribution < 1.29 is 14.3 Å². The van der Waals surface area contributed by atoms with Gasteiger partial charge in [-0.3, -0.25) is 9.59 Å². The van der Waals surface area contributed by atoms with Gasteiger partial charge in [-0.1, -0.05) is 18.2 Å². The second-order valence-electron chi connectivity index (χ2n) is 6.14. The van der Waals surface area contributed by atoms with Gasteiger partial charge in [-0.2, -0.15) is 0 Å². The molecule has 1 fully saturated rings. The summed E-state index contributed by atoms with van der Waals surface area (Å²) in [6.45, 7) is 4.90. The van der Waals surface area contributed by atoms with Crippen LogP contribution in [0.25, 0.3) is 0 Å². The van der Waals surface area contributed by atoms with E-state index in [-0.39, 0.29) is 24.2 Å². The van der Waals surface area contributed by atoms with Gasteiger partial charge >= 0.3 is 0 Å². The van der Waals surface area contributed by atoms with Crippen molar-refractivity contribution in [3.63, 3.8) is 0 Å². The number of carbonyl (C=O) groups is 2. The highest BCUT2D eigenvalue weighted by atomic mass is 16.5. The topological polar surface area (TPSA) is 58.6 Å². The van der Waals surface area contributed by atoms with Gasteiger partial charge in [0.15, 0.2) is 0 Å². The lowest BCUT2D eigenvalue weighted by Gasteiger charge is -2.19. The molecule has 0 bridgehead atoms. The Balaban J connectivity index is 1.65. The number of hydrogen-bond acceptors (Lipinski definition) is 3. The maximum atomic E-state index is 12.5. The number of aryl methyl sites for hydroxylation is 1. The van der Waals surface area contributed by atoms with E-state index in [4.69, 9.17) is 4.74 Å². The van der Waals surface area contributed by atoms with E-state index in [9.17, 15) is 9.59 Å². The van der Waals surface area contributed by atoms with Gasteiger partial charge in [-0.25, -0.2) is 0 Å². The van der Waals surface area contributed by atoms with E-state index in [0.29, 0.717) is 18.8 Å². The van der Waals surface area contributed by atoms with E-state index in [1.807, 2.05) is 50.2 Å². The number of ether oxygens (including phenoxy) is 1. The second-order valence-corrected chi connectivity index (χ2v) is 6.14. The van der Waals surface area contributed by atoms with Crippen molar-refractivity contribution in [1.29, 1.82) is 0 Å². The lowest BCUT2D eigenvalue weighted by molar-refractivity contribution is -0.122. The maximum Gasteiger partial charge on any atom is 0.229 e. The summed E-state index contributed by atoms with van der Waals surface area (Å²) in [6.07, 6.45) is 0.233. The minimum atomic E-state index is -0.348. The van der Waals surface area contributed by atoms with Gasteiger partial charge in [0, 0.05) is 24.3 Å². The Morgan fingerprint density at radius 3 is 2.60 bits per heavy atom. The average molecular weight is 338 g/mol. The third-order valence-corrected chi connectivity index (χ3v) is 4.33. The predicted molar refractivity (Wildman–Crippen MR) is 97.9 cm³/mol. The van der Waals surface area contributed by atoms with Gasteiger partial charge in [0.2, 0.25) is 11.8 Å². The Morgan fingerprint density at radius 1 is 1.20 bits per heavy atom. The van der Waals surface area contributed by atoms with E-state index in [0.717, 1.165) is 17.0 Å². The molecule has 1 aliphatic heterocycles. The van der Waals surface area contributed by atoms with Crippen LogP contribution < -0.4 is 15.0 Å². The normalized spacial score (nSPS) is 16.8. The summed E-state index contributed by atoms with van der Waals surface area (Å²) < 4.78 is 5.39. The number of para-hydroxylation sites is 1. The summed E-state index contributed by atoms with van der Waals surface area (Å²) in [5.41, 5.74) is 2.61. The standard InChI is InChI=1S/C20H22N2O3/c1-3-25-17-10-8-16(9-11-17)21-20(24)15-12-19(23)22(13-15)18-7-5-4-6-14(18)2/h4-11,15H,3,12-13H2,1-2H3,(H,21,24)/t15-/m0/s1. The fraction of sp³-hybridized carbons (Fsp3) is 0.300. The first-order valence-corrected chi connectivity index (χ1v) is 8.48. The van der Waals surface area contributed by atoms with Crippen LogP contribution in [0, 0.1) is 12.8 Å². The summed E-state index contributed by atoms with van der Waals surface area (Å²) in [4.78, 5) is 26.6. The number of anilines is 2. The number of rotatable bonds is 5. The Morgan fingerprint density at radius 2 is 1.92 bits per heavy atom. The summed E-state index contributed by atoms with van der Waals surface area (Å²) in [7, 11) is 0. The van der Waals surface area contributed by atoms with Crippen LogP contribution in [-0.4, -0.2) is 25.0 Å². The zero-order valence-corrected chi connectivity index (χ0v) is 14.5. The third-order valence-electron chi connectivity index (χ3n) is 4.33. The molecule has 0 saturated carbocycles. The van der Waals surface area contributed by atoms with Crippen LogP contribution in [0.4, 0.5) is 11.4 Å². The smallest absolute Gasteiger partial charge is 0.229 e. The molecule has 5 heteroatoms. The fourth-order valence-corrected chi connectivity index (χ4v) is 3.03. The molecule has 0 spiro atoms. The largest absolute Gasteiger partial charge is 0.494 e. The number of nitrogens with zero attached hydrogens (tertiary/aromatic N) is 1. The van der Waals surface area contributed by atoms with Crippen LogP contribution in [0.5, 0.6) is 5.75 Å². The van der Waals surface area contributed by atoms with E-state index in [2.05, 4.69) is 5.32 Å². The van der Waals surface area contributed by atoms with E-state index in [1.165, 1.54) is 0 Å². The van der Waals surface area contributed by atoms with Crippen molar-refractivity contribution >= 4 is 23.2 Å². The lowest BCUT2D eigenvalue weighted by Crippen LogP contribution is -2.28. The van der Waals surface area contributed by atoms with Gasteiger partial charge < -0.3 is 15.0 Å². The number of carbonyl (C=O) groups excluding carboxylic acids is 2. The SMILES string of the molecule is CCOc1ccc(NC(=O)[C@H]2CC(=O)N(c3ccccc3C)C2)cc1. The summed E-state index contributed by atoms with van der Waals surface area (Å²) >= 11 is 0. The first-order valence-electron chi connectivity index (χ1n) is 8.48. The highest BCUT2D eigenvalue weighted by Gasteiger charge is 2.35. The second kappa shape index (κ2) is 7.38. The summed E-state index contributed by atoms with van der Waals surface area (Å²) in [5, 5.41) is 2.89. The van der Waals surface area contributed by atoms with Crippen LogP contribution in [-0.2, 0) is 9.59 Å². The maximum absolute atomic E-state index is 12.5. The lowest BCUT2D eigenvalue weighted by atomic mass is 10.1. The number of benzene rings is 2. The molecule has 1 N–H and O–H groups in total. The zero-order chi connectivity index (χ0) is 17.8. The van der Waals surface area contributed by atoms with Gasteiger partial charge in [-0.05, 0) is 49.7 Å². The molecule has 1 heterocycles. The van der Waals surface area contributed by atoms with E-state index >= 15 is 0 Å². The van der Waals surface area contributed by atoms with Gasteiger partial charge in [0.1, 0.15) is 5.75 Å². The van der Waals surface area contributed by atoms with Crippen LogP contribution >= 0.6 is 0 Å². The van der Waals surface area contributed by atoms with Crippen molar-refractivity contribution in [3.8, 4) is 5.75 Å². The minimum absolute atomic E-state index is 0.0128. The molecule has 130 valence electrons. The zero-order valence-electron chi connectivity index (χ0n) is 14.5. The van der Waals surface area contributed by atoms with Crippen molar-refractivity contribution in [2.24, 2.45) is 5.92 Å². The molecule has 5 nitrogen and oxygen atoms in total. The summed E-state index contributed by atoms with van der Waals surface area (Å²) in [6, 6.07) is 15.0. The molecule has 25 heavy (non-hydrogen) atoms. The molecule has 0 unspecified atom stereocenters. The third kappa shape index (κ3) is 3.82. The van der Waals surface area contributed by atoms with Gasteiger partial charge in [0.05, 0.1) is 12.5 Å². The summed E-state index contributed by atoms with van der Waals surface area (Å²) in [5.74, 6) is 0.274. The molecule has 3 rings (SSSR count). The molecule has 1 atom stereocenters. The first kappa shape index (κ1) is 17.0. The monoisotopic (exact) mass is 338 g/mol. The Hall–Kier alpha value is -2.82. The van der Waals surface area contributed by atoms with Crippen LogP contribution in [0.2, 0.25) is 0 Å². The van der Waals surface area contributed by atoms with Crippen molar-refractivity contribution in [3.05, 3.63) is 54.1 Å². The molecular formula is C20H22N2O3. The Labute approximate surface area is 147 Å². The Kier molecular flexibility index (Phi) is 5.03. The highest BCUT2D eigenvalue weighted by molar-refractivity contribution is 6.03. The molecule has 0 radical (unpaired) electrons. The van der Waals surface area contributed by atoms with Gasteiger partial charge in [0.25, 0.3) is 0 Å². The van der Waals surface area contributed by atoms with Crippen molar-refractivity contribution in [2.75, 3.05) is 23.4 Å². The van der Waals surface area contributed by atoms with Crippen LogP contribution in [0.15, 0.2) is 48.5 Å². The fourth-order valence-electron chi connectivity index (χ4n) is 3.03. The van der Waals surface area contributed by atoms with Crippen molar-refractivity contribution in [2.45, 2.75) is 20.3 Å². The molecule has 0 aromatic heterocycles. The predicted octanol–water partition coefficient (Wildman–Crippen LogP) is 3.39.